The molecule has 2 saturated heterocycles. The van der Waals surface area contributed by atoms with Crippen molar-refractivity contribution in [2.75, 3.05) is 59.2 Å². The molecule has 2 aliphatic rings. The summed E-state index contributed by atoms with van der Waals surface area (Å²) in [7, 11) is 4.02. The number of hydrogen-bond acceptors (Lipinski definition) is 7. The predicted octanol–water partition coefficient (Wildman–Crippen LogP) is 4.74. The Morgan fingerprint density at radius 1 is 1.11 bits per heavy atom. The number of hydrogen-bond donors (Lipinski definition) is 1. The van der Waals surface area contributed by atoms with E-state index >= 15 is 0 Å². The molecule has 5 heterocycles. The average molecular weight is 499 g/mol. The highest BCUT2D eigenvalue weighted by Gasteiger charge is 2.26. The molecule has 0 unspecified atom stereocenters. The summed E-state index contributed by atoms with van der Waals surface area (Å²) in [5.41, 5.74) is 9.75. The maximum Gasteiger partial charge on any atom is 0.152 e. The van der Waals surface area contributed by atoms with Gasteiger partial charge in [-0.15, -0.1) is 11.3 Å². The van der Waals surface area contributed by atoms with Gasteiger partial charge in [0.05, 0.1) is 22.3 Å². The van der Waals surface area contributed by atoms with Crippen LogP contribution >= 0.6 is 11.3 Å². The number of aryl methyl sites for hydroxylation is 1. The highest BCUT2D eigenvalue weighted by atomic mass is 32.1. The molecule has 0 radical (unpaired) electrons. The van der Waals surface area contributed by atoms with E-state index in [9.17, 15) is 0 Å². The molecule has 0 amide bonds. The number of ether oxygens (including phenoxy) is 1. The summed E-state index contributed by atoms with van der Waals surface area (Å²) in [5, 5.41) is 0. The molecule has 0 aliphatic carbocycles. The minimum Gasteiger partial charge on any atom is -0.383 e. The van der Waals surface area contributed by atoms with Crippen LogP contribution in [0.2, 0.25) is 0 Å². The molecular weight excluding hydrogens is 456 g/mol. The first-order valence-electron chi connectivity index (χ1n) is 13.5. The van der Waals surface area contributed by atoms with Crippen LogP contribution in [0.15, 0.2) is 6.07 Å². The predicted molar refractivity (Wildman–Crippen MR) is 146 cm³/mol. The van der Waals surface area contributed by atoms with Crippen LogP contribution in [0.3, 0.4) is 0 Å². The van der Waals surface area contributed by atoms with Gasteiger partial charge in [-0.05, 0) is 83.2 Å². The fraction of sp³-hybridized carbons (Fsp3) is 0.704. The lowest BCUT2D eigenvalue weighted by Gasteiger charge is -2.31. The van der Waals surface area contributed by atoms with Crippen LogP contribution in [0.4, 0.5) is 5.82 Å². The Morgan fingerprint density at radius 3 is 2.60 bits per heavy atom. The van der Waals surface area contributed by atoms with Crippen molar-refractivity contribution in [2.24, 2.45) is 5.92 Å². The summed E-state index contributed by atoms with van der Waals surface area (Å²) in [5.74, 6) is 3.09. The Labute approximate surface area is 213 Å². The highest BCUT2D eigenvalue weighted by molar-refractivity contribution is 7.20. The molecule has 3 aromatic heterocycles. The molecule has 192 valence electrons. The monoisotopic (exact) mass is 498 g/mol. The van der Waals surface area contributed by atoms with Gasteiger partial charge in [-0.1, -0.05) is 13.3 Å². The first kappa shape index (κ1) is 24.9. The number of imidazole rings is 1. The number of fused-ring (bicyclic) bond motifs is 3. The zero-order chi connectivity index (χ0) is 24.4. The number of likely N-dealkylation sites (tertiary alicyclic amines) is 2. The van der Waals surface area contributed by atoms with E-state index in [1.54, 1.807) is 7.11 Å². The van der Waals surface area contributed by atoms with Gasteiger partial charge < -0.3 is 24.8 Å². The number of methoxy groups -OCH3 is 1. The minimum atomic E-state index is 0.589. The van der Waals surface area contributed by atoms with Crippen LogP contribution < -0.4 is 5.73 Å². The quantitative estimate of drug-likeness (QED) is 0.459. The largest absolute Gasteiger partial charge is 0.383 e. The first-order valence-corrected chi connectivity index (χ1v) is 14.4. The van der Waals surface area contributed by atoms with Gasteiger partial charge in [-0.2, -0.15) is 0 Å². The molecule has 7 nitrogen and oxygen atoms in total. The molecule has 3 aromatic rings. The number of piperidine rings is 2. The van der Waals surface area contributed by atoms with E-state index in [1.807, 2.05) is 11.3 Å². The van der Waals surface area contributed by atoms with E-state index in [4.69, 9.17) is 20.4 Å². The Bertz CT molecular complexity index is 1120. The zero-order valence-corrected chi connectivity index (χ0v) is 22.6. The standard InChI is InChI=1S/C27H42N6OS/c1-4-5-6-23-30-24-25(33(23)18-19-7-11-31(2)12-8-19)26-21(29-27(24)28)17-22(35-26)20-9-13-32(14-10-20)15-16-34-3/h17,19-20H,4-16,18H2,1-3H3,(H2,28,29). The van der Waals surface area contributed by atoms with Crippen LogP contribution in [-0.4, -0.2) is 77.8 Å². The van der Waals surface area contributed by atoms with Crippen molar-refractivity contribution in [3.05, 3.63) is 16.8 Å². The summed E-state index contributed by atoms with van der Waals surface area (Å²) >= 11 is 1.94. The molecule has 0 saturated carbocycles. The second kappa shape index (κ2) is 11.1. The molecule has 35 heavy (non-hydrogen) atoms. The molecule has 0 aromatic carbocycles. The lowest BCUT2D eigenvalue weighted by atomic mass is 9.95. The molecule has 0 bridgehead atoms. The highest BCUT2D eigenvalue weighted by Crippen LogP contribution is 2.40. The van der Waals surface area contributed by atoms with Crippen LogP contribution in [0, 0.1) is 5.92 Å². The lowest BCUT2D eigenvalue weighted by Crippen LogP contribution is -2.35. The molecular formula is C27H42N6OS. The number of thiophene rings is 1. The van der Waals surface area contributed by atoms with E-state index in [-0.39, 0.29) is 0 Å². The van der Waals surface area contributed by atoms with Gasteiger partial charge in [0.1, 0.15) is 11.3 Å². The van der Waals surface area contributed by atoms with Crippen molar-refractivity contribution >= 4 is 38.4 Å². The first-order chi connectivity index (χ1) is 17.1. The van der Waals surface area contributed by atoms with Crippen molar-refractivity contribution in [1.29, 1.82) is 0 Å². The third kappa shape index (κ3) is 5.36. The lowest BCUT2D eigenvalue weighted by molar-refractivity contribution is 0.130. The van der Waals surface area contributed by atoms with Crippen molar-refractivity contribution < 1.29 is 4.74 Å². The van der Waals surface area contributed by atoms with Crippen LogP contribution in [0.1, 0.15) is 62.1 Å². The number of aromatic nitrogens is 3. The Hall–Kier alpha value is -1.74. The molecule has 5 rings (SSSR count). The van der Waals surface area contributed by atoms with Gasteiger partial charge in [0, 0.05) is 31.5 Å². The second-order valence-corrected chi connectivity index (χ2v) is 11.7. The van der Waals surface area contributed by atoms with Gasteiger partial charge in [-0.25, -0.2) is 9.97 Å². The van der Waals surface area contributed by atoms with Gasteiger partial charge in [-0.3, -0.25) is 0 Å². The molecule has 2 aliphatic heterocycles. The number of nitrogen functional groups attached to an aromatic ring is 1. The van der Waals surface area contributed by atoms with Gasteiger partial charge in [0.2, 0.25) is 0 Å². The third-order valence-corrected chi connectivity index (χ3v) is 9.40. The third-order valence-electron chi connectivity index (χ3n) is 8.11. The van der Waals surface area contributed by atoms with Crippen molar-refractivity contribution in [3.8, 4) is 0 Å². The van der Waals surface area contributed by atoms with E-state index < -0.39 is 0 Å². The normalized spacial score (nSPS) is 19.4. The van der Waals surface area contributed by atoms with Crippen LogP contribution in [-0.2, 0) is 17.7 Å². The Morgan fingerprint density at radius 2 is 1.89 bits per heavy atom. The summed E-state index contributed by atoms with van der Waals surface area (Å²) in [4.78, 5) is 16.4. The number of pyridine rings is 1. The topological polar surface area (TPSA) is 72.4 Å². The van der Waals surface area contributed by atoms with Crippen LogP contribution in [0.25, 0.3) is 21.3 Å². The van der Waals surface area contributed by atoms with Crippen molar-refractivity contribution in [3.63, 3.8) is 0 Å². The van der Waals surface area contributed by atoms with Crippen LogP contribution in [0.5, 0.6) is 0 Å². The summed E-state index contributed by atoms with van der Waals surface area (Å²) < 4.78 is 9.10. The van der Waals surface area contributed by atoms with Gasteiger partial charge in [0.15, 0.2) is 5.82 Å². The molecule has 0 spiro atoms. The SMILES string of the molecule is CCCCc1nc2c(N)nc3cc(C4CCN(CCOC)CC4)sc3c2n1CC1CCN(C)CC1. The van der Waals surface area contributed by atoms with E-state index in [1.165, 1.54) is 66.1 Å². The smallest absolute Gasteiger partial charge is 0.152 e. The fourth-order valence-electron chi connectivity index (χ4n) is 5.83. The molecule has 0 atom stereocenters. The summed E-state index contributed by atoms with van der Waals surface area (Å²) in [6, 6.07) is 2.32. The molecule has 2 N–H and O–H groups in total. The number of anilines is 1. The van der Waals surface area contributed by atoms with Crippen molar-refractivity contribution in [1.82, 2.24) is 24.3 Å². The maximum absolute atomic E-state index is 6.53. The number of unbranched alkanes of at least 4 members (excludes halogenated alkanes) is 1. The number of nitrogens with zero attached hydrogens (tertiary/aromatic N) is 5. The van der Waals surface area contributed by atoms with Gasteiger partial charge in [0.25, 0.3) is 0 Å². The van der Waals surface area contributed by atoms with Crippen molar-refractivity contribution in [2.45, 2.75) is 64.3 Å². The Balaban J connectivity index is 1.48. The fourth-order valence-corrected chi connectivity index (χ4v) is 7.15. The Kier molecular flexibility index (Phi) is 7.92. The maximum atomic E-state index is 6.53. The minimum absolute atomic E-state index is 0.589. The summed E-state index contributed by atoms with van der Waals surface area (Å²) in [6.07, 6.45) is 8.25. The second-order valence-electron chi connectivity index (χ2n) is 10.7. The molecule has 2 fully saturated rings. The van der Waals surface area contributed by atoms with E-state index in [2.05, 4.69) is 34.4 Å². The van der Waals surface area contributed by atoms with E-state index in [0.717, 1.165) is 56.7 Å². The number of rotatable bonds is 9. The average Bonchev–Trinajstić information content (AvgIpc) is 3.45. The van der Waals surface area contributed by atoms with Gasteiger partial charge >= 0.3 is 0 Å². The summed E-state index contributed by atoms with van der Waals surface area (Å²) in [6.45, 7) is 9.81. The zero-order valence-electron chi connectivity index (χ0n) is 21.8. The van der Waals surface area contributed by atoms with E-state index in [0.29, 0.717) is 17.7 Å². The number of nitrogens with two attached hydrogens (primary N) is 1. The molecule has 8 heteroatoms.